The molecule has 0 saturated carbocycles. The minimum absolute atomic E-state index is 0.00839. The van der Waals surface area contributed by atoms with E-state index in [0.717, 1.165) is 11.1 Å². The van der Waals surface area contributed by atoms with Crippen LogP contribution in [-0.2, 0) is 13.6 Å². The first-order chi connectivity index (χ1) is 12.3. The molecule has 0 aliphatic carbocycles. The normalized spacial score (nSPS) is 12.5. The number of imidazole rings is 1. The Morgan fingerprint density at radius 1 is 1.31 bits per heavy atom. The first-order valence-corrected chi connectivity index (χ1v) is 8.11. The fraction of sp³-hybridized carbons (Fsp3) is 0.353. The number of aromatic nitrogens is 4. The van der Waals surface area contributed by atoms with Gasteiger partial charge in [-0.1, -0.05) is 6.07 Å². The van der Waals surface area contributed by atoms with Gasteiger partial charge in [-0.25, -0.2) is 4.79 Å². The highest BCUT2D eigenvalue weighted by Gasteiger charge is 2.18. The summed E-state index contributed by atoms with van der Waals surface area (Å²) in [5.41, 5.74) is 7.23. The Labute approximate surface area is 148 Å². The molecular formula is C17H21N5O4. The van der Waals surface area contributed by atoms with Crippen LogP contribution in [0.1, 0.15) is 11.1 Å². The van der Waals surface area contributed by atoms with Crippen molar-refractivity contribution in [1.82, 2.24) is 19.1 Å². The number of H-pyrrole nitrogens is 1. The summed E-state index contributed by atoms with van der Waals surface area (Å²) in [5.74, 6) is 0.688. The minimum atomic E-state index is -0.923. The van der Waals surface area contributed by atoms with Gasteiger partial charge in [0.25, 0.3) is 5.56 Å². The lowest BCUT2D eigenvalue weighted by Gasteiger charge is -2.15. The Bertz CT molecular complexity index is 1080. The lowest BCUT2D eigenvalue weighted by molar-refractivity contribution is 0.0938. The Balaban J connectivity index is 1.81. The number of hydrogen-bond acceptors (Lipinski definition) is 6. The van der Waals surface area contributed by atoms with E-state index in [2.05, 4.69) is 9.97 Å². The number of nitrogens with two attached hydrogens (primary N) is 1. The maximum absolute atomic E-state index is 12.1. The molecule has 9 heteroatoms. The summed E-state index contributed by atoms with van der Waals surface area (Å²) in [4.78, 5) is 30.0. The molecule has 0 fully saturated rings. The second kappa shape index (κ2) is 6.68. The Kier molecular flexibility index (Phi) is 4.56. The number of rotatable bonds is 5. The van der Waals surface area contributed by atoms with Gasteiger partial charge in [-0.05, 0) is 37.1 Å². The fourth-order valence-corrected chi connectivity index (χ4v) is 2.70. The molecule has 1 aromatic carbocycles. The maximum Gasteiger partial charge on any atom is 0.329 e. The molecule has 138 valence electrons. The van der Waals surface area contributed by atoms with Crippen LogP contribution in [0.5, 0.6) is 5.75 Å². The standard InChI is InChI=1S/C17H21N5O4/c1-9-4-5-12(6-10(9)2)26-8-11(23)7-22-13-14(19-16(22)18)21(3)17(25)20-15(13)24/h4-6,11,23H,7-8H2,1-3H3,(H2,18,19)(H,20,24,25)/t11-/m1/s1. The van der Waals surface area contributed by atoms with Gasteiger partial charge in [0.15, 0.2) is 11.2 Å². The Morgan fingerprint density at radius 3 is 2.73 bits per heavy atom. The molecule has 3 rings (SSSR count). The highest BCUT2D eigenvalue weighted by atomic mass is 16.5. The second-order valence-corrected chi connectivity index (χ2v) is 6.28. The molecule has 0 saturated heterocycles. The molecule has 0 radical (unpaired) electrons. The van der Waals surface area contributed by atoms with Crippen LogP contribution in [0.4, 0.5) is 5.95 Å². The van der Waals surface area contributed by atoms with Crippen LogP contribution in [0.25, 0.3) is 11.2 Å². The van der Waals surface area contributed by atoms with Gasteiger partial charge in [-0.2, -0.15) is 4.98 Å². The molecule has 2 heterocycles. The van der Waals surface area contributed by atoms with Crippen molar-refractivity contribution in [1.29, 1.82) is 0 Å². The molecule has 1 atom stereocenters. The Morgan fingerprint density at radius 2 is 2.04 bits per heavy atom. The summed E-state index contributed by atoms with van der Waals surface area (Å²) < 4.78 is 8.18. The van der Waals surface area contributed by atoms with E-state index in [0.29, 0.717) is 5.75 Å². The highest BCUT2D eigenvalue weighted by molar-refractivity contribution is 5.73. The average molecular weight is 359 g/mol. The SMILES string of the molecule is Cc1ccc(OC[C@H](O)Cn2c(N)nc3c2c(=O)[nH]c(=O)n3C)cc1C. The lowest BCUT2D eigenvalue weighted by atomic mass is 10.1. The van der Waals surface area contributed by atoms with Gasteiger partial charge in [-0.15, -0.1) is 0 Å². The number of benzene rings is 1. The van der Waals surface area contributed by atoms with Gasteiger partial charge in [0.1, 0.15) is 18.5 Å². The van der Waals surface area contributed by atoms with Gasteiger partial charge in [0, 0.05) is 7.05 Å². The van der Waals surface area contributed by atoms with Crippen LogP contribution in [-0.4, -0.2) is 36.9 Å². The number of nitrogen functional groups attached to an aromatic ring is 1. The Hall–Kier alpha value is -3.07. The summed E-state index contributed by atoms with van der Waals surface area (Å²) in [6.07, 6.45) is -0.923. The number of nitrogens with one attached hydrogen (secondary N) is 1. The predicted octanol–water partition coefficient (Wildman–Crippen LogP) is 0.0622. The molecule has 9 nitrogen and oxygen atoms in total. The van der Waals surface area contributed by atoms with Crippen molar-refractivity contribution in [2.75, 3.05) is 12.3 Å². The van der Waals surface area contributed by atoms with E-state index in [1.807, 2.05) is 32.0 Å². The summed E-state index contributed by atoms with van der Waals surface area (Å²) in [6, 6.07) is 5.67. The van der Waals surface area contributed by atoms with Crippen molar-refractivity contribution in [3.63, 3.8) is 0 Å². The molecule has 26 heavy (non-hydrogen) atoms. The number of ether oxygens (including phenoxy) is 1. The van der Waals surface area contributed by atoms with Gasteiger partial charge in [0.05, 0.1) is 6.54 Å². The molecule has 2 aromatic heterocycles. The average Bonchev–Trinajstić information content (AvgIpc) is 2.91. The smallest absolute Gasteiger partial charge is 0.329 e. The highest BCUT2D eigenvalue weighted by Crippen LogP contribution is 2.17. The zero-order chi connectivity index (χ0) is 19.0. The number of nitrogens with zero attached hydrogens (tertiary/aromatic N) is 3. The van der Waals surface area contributed by atoms with E-state index in [1.54, 1.807) is 0 Å². The third-order valence-corrected chi connectivity index (χ3v) is 4.35. The number of hydrogen-bond donors (Lipinski definition) is 3. The van der Waals surface area contributed by atoms with Crippen molar-refractivity contribution in [3.8, 4) is 5.75 Å². The van der Waals surface area contributed by atoms with E-state index < -0.39 is 17.4 Å². The zero-order valence-corrected chi connectivity index (χ0v) is 14.8. The topological polar surface area (TPSA) is 128 Å². The van der Waals surface area contributed by atoms with Crippen molar-refractivity contribution in [2.24, 2.45) is 7.05 Å². The van der Waals surface area contributed by atoms with Crippen LogP contribution in [0, 0.1) is 13.8 Å². The number of anilines is 1. The van der Waals surface area contributed by atoms with Gasteiger partial charge >= 0.3 is 5.69 Å². The van der Waals surface area contributed by atoms with Crippen LogP contribution in [0.3, 0.4) is 0 Å². The molecular weight excluding hydrogens is 338 g/mol. The van der Waals surface area contributed by atoms with Crippen LogP contribution in [0.15, 0.2) is 27.8 Å². The molecule has 0 bridgehead atoms. The summed E-state index contributed by atoms with van der Waals surface area (Å²) in [5, 5.41) is 10.3. The number of aryl methyl sites for hydroxylation is 3. The molecule has 0 unspecified atom stereocenters. The lowest BCUT2D eigenvalue weighted by Crippen LogP contribution is -2.30. The van der Waals surface area contributed by atoms with Gasteiger partial charge in [-0.3, -0.25) is 14.3 Å². The molecule has 0 aliphatic heterocycles. The third kappa shape index (κ3) is 3.21. The van der Waals surface area contributed by atoms with Gasteiger partial charge in [0.2, 0.25) is 5.95 Å². The maximum atomic E-state index is 12.1. The van der Waals surface area contributed by atoms with E-state index in [-0.39, 0.29) is 30.3 Å². The molecule has 3 aromatic rings. The molecule has 0 spiro atoms. The molecule has 0 amide bonds. The second-order valence-electron chi connectivity index (χ2n) is 6.28. The van der Waals surface area contributed by atoms with Crippen molar-refractivity contribution in [3.05, 3.63) is 50.2 Å². The van der Waals surface area contributed by atoms with E-state index in [9.17, 15) is 14.7 Å². The minimum Gasteiger partial charge on any atom is -0.491 e. The van der Waals surface area contributed by atoms with Crippen molar-refractivity contribution in [2.45, 2.75) is 26.5 Å². The number of aromatic amines is 1. The monoisotopic (exact) mass is 359 g/mol. The van der Waals surface area contributed by atoms with Crippen molar-refractivity contribution >= 4 is 17.1 Å². The third-order valence-electron chi connectivity index (χ3n) is 4.35. The van der Waals surface area contributed by atoms with Gasteiger partial charge < -0.3 is 20.1 Å². The summed E-state index contributed by atoms with van der Waals surface area (Å²) >= 11 is 0. The summed E-state index contributed by atoms with van der Waals surface area (Å²) in [6.45, 7) is 4.01. The number of fused-ring (bicyclic) bond motifs is 1. The number of aliphatic hydroxyl groups excluding tert-OH is 1. The first kappa shape index (κ1) is 17.7. The fourth-order valence-electron chi connectivity index (χ4n) is 2.70. The largest absolute Gasteiger partial charge is 0.491 e. The first-order valence-electron chi connectivity index (χ1n) is 8.11. The summed E-state index contributed by atoms with van der Waals surface area (Å²) in [7, 11) is 1.48. The van der Waals surface area contributed by atoms with E-state index in [1.165, 1.54) is 16.2 Å². The van der Waals surface area contributed by atoms with Crippen LogP contribution >= 0.6 is 0 Å². The zero-order valence-electron chi connectivity index (χ0n) is 14.8. The predicted molar refractivity (Wildman–Crippen MR) is 97.4 cm³/mol. The van der Waals surface area contributed by atoms with E-state index in [4.69, 9.17) is 10.5 Å². The van der Waals surface area contributed by atoms with Crippen LogP contribution in [0.2, 0.25) is 0 Å². The molecule has 0 aliphatic rings. The van der Waals surface area contributed by atoms with Crippen LogP contribution < -0.4 is 21.7 Å². The number of aliphatic hydroxyl groups is 1. The van der Waals surface area contributed by atoms with E-state index >= 15 is 0 Å². The van der Waals surface area contributed by atoms with Crippen molar-refractivity contribution < 1.29 is 9.84 Å². The molecule has 4 N–H and O–H groups in total. The quantitative estimate of drug-likeness (QED) is 0.591.